The van der Waals surface area contributed by atoms with E-state index >= 15 is 0 Å². The van der Waals surface area contributed by atoms with E-state index in [-0.39, 0.29) is 5.97 Å². The number of nitrogens with zero attached hydrogens (tertiary/aromatic N) is 3. The highest BCUT2D eigenvalue weighted by molar-refractivity contribution is 5.88. The maximum Gasteiger partial charge on any atom is 0.338 e. The summed E-state index contributed by atoms with van der Waals surface area (Å²) >= 11 is 0. The highest BCUT2D eigenvalue weighted by Gasteiger charge is 2.14. The number of likely N-dealkylation sites (N-methyl/N-ethyl adjacent to an activating group) is 1. The normalized spacial score (nSPS) is 17.3. The SMILES string of the molecule is CN1CCN(CCOC(=O)c2cc[n+]([O-])cc2)CC1. The average molecular weight is 265 g/mol. The van der Waals surface area contributed by atoms with Crippen molar-refractivity contribution in [3.8, 4) is 0 Å². The third-order valence-electron chi connectivity index (χ3n) is 3.27. The molecule has 1 aliphatic rings. The first-order chi connectivity index (χ1) is 9.15. The Morgan fingerprint density at radius 1 is 1.32 bits per heavy atom. The van der Waals surface area contributed by atoms with Crippen LogP contribution in [0.3, 0.4) is 0 Å². The molecule has 1 aromatic heterocycles. The Bertz CT molecular complexity index is 414. The summed E-state index contributed by atoms with van der Waals surface area (Å²) in [6.45, 7) is 5.26. The van der Waals surface area contributed by atoms with Gasteiger partial charge >= 0.3 is 5.97 Å². The van der Waals surface area contributed by atoms with Gasteiger partial charge in [0.15, 0.2) is 12.4 Å². The van der Waals surface area contributed by atoms with Crippen molar-refractivity contribution >= 4 is 5.97 Å². The first-order valence-corrected chi connectivity index (χ1v) is 6.42. The third kappa shape index (κ3) is 4.18. The first kappa shape index (κ1) is 13.8. The van der Waals surface area contributed by atoms with E-state index in [0.717, 1.165) is 32.7 Å². The zero-order chi connectivity index (χ0) is 13.7. The zero-order valence-corrected chi connectivity index (χ0v) is 11.1. The lowest BCUT2D eigenvalue weighted by Crippen LogP contribution is -2.45. The molecule has 0 amide bonds. The number of carbonyl (C=O) groups excluding carboxylic acids is 1. The number of rotatable bonds is 4. The van der Waals surface area contributed by atoms with E-state index in [0.29, 0.717) is 16.9 Å². The summed E-state index contributed by atoms with van der Waals surface area (Å²) in [6.07, 6.45) is 2.58. The molecule has 2 rings (SSSR count). The van der Waals surface area contributed by atoms with Crippen molar-refractivity contribution in [3.05, 3.63) is 35.3 Å². The van der Waals surface area contributed by atoms with Gasteiger partial charge in [-0.15, -0.1) is 0 Å². The van der Waals surface area contributed by atoms with Gasteiger partial charge in [0.25, 0.3) is 0 Å². The third-order valence-corrected chi connectivity index (χ3v) is 3.27. The van der Waals surface area contributed by atoms with E-state index in [1.54, 1.807) is 0 Å². The first-order valence-electron chi connectivity index (χ1n) is 6.42. The molecule has 0 N–H and O–H groups in total. The van der Waals surface area contributed by atoms with Gasteiger partial charge in [-0.25, -0.2) is 4.79 Å². The van der Waals surface area contributed by atoms with Gasteiger partial charge in [-0.1, -0.05) is 0 Å². The van der Waals surface area contributed by atoms with Gasteiger partial charge in [0.05, 0.1) is 5.56 Å². The van der Waals surface area contributed by atoms with Crippen LogP contribution in [0.5, 0.6) is 0 Å². The molecule has 104 valence electrons. The molecule has 0 saturated carbocycles. The molecule has 0 aliphatic carbocycles. The lowest BCUT2D eigenvalue weighted by molar-refractivity contribution is -0.605. The van der Waals surface area contributed by atoms with Crippen molar-refractivity contribution in [3.63, 3.8) is 0 Å². The number of aromatic nitrogens is 1. The fraction of sp³-hybridized carbons (Fsp3) is 0.538. The van der Waals surface area contributed by atoms with E-state index in [1.807, 2.05) is 0 Å². The van der Waals surface area contributed by atoms with Crippen molar-refractivity contribution < 1.29 is 14.3 Å². The monoisotopic (exact) mass is 265 g/mol. The van der Waals surface area contributed by atoms with Gasteiger partial charge in [-0.05, 0) is 7.05 Å². The van der Waals surface area contributed by atoms with E-state index < -0.39 is 0 Å². The number of hydrogen-bond acceptors (Lipinski definition) is 5. The van der Waals surface area contributed by atoms with Gasteiger partial charge in [-0.2, -0.15) is 4.73 Å². The van der Waals surface area contributed by atoms with Crippen LogP contribution in [0.15, 0.2) is 24.5 Å². The summed E-state index contributed by atoms with van der Waals surface area (Å²) in [6, 6.07) is 2.93. The van der Waals surface area contributed by atoms with E-state index in [1.165, 1.54) is 24.5 Å². The van der Waals surface area contributed by atoms with Crippen LogP contribution in [-0.2, 0) is 4.74 Å². The number of piperazine rings is 1. The van der Waals surface area contributed by atoms with Gasteiger partial charge in [-0.3, -0.25) is 4.90 Å². The molecular weight excluding hydrogens is 246 g/mol. The lowest BCUT2D eigenvalue weighted by atomic mass is 10.3. The Balaban J connectivity index is 1.70. The largest absolute Gasteiger partial charge is 0.619 e. The molecule has 0 radical (unpaired) electrons. The second kappa shape index (κ2) is 6.49. The Morgan fingerprint density at radius 3 is 2.58 bits per heavy atom. The maximum atomic E-state index is 11.7. The van der Waals surface area contributed by atoms with E-state index in [9.17, 15) is 10.0 Å². The minimum atomic E-state index is -0.380. The van der Waals surface area contributed by atoms with E-state index in [2.05, 4.69) is 16.8 Å². The van der Waals surface area contributed by atoms with Crippen LogP contribution < -0.4 is 4.73 Å². The van der Waals surface area contributed by atoms with Crippen LogP contribution in [-0.4, -0.2) is 62.1 Å². The van der Waals surface area contributed by atoms with Crippen LogP contribution in [0.4, 0.5) is 0 Å². The number of hydrogen-bond donors (Lipinski definition) is 0. The predicted octanol–water partition coefficient (Wildman–Crippen LogP) is -0.276. The van der Waals surface area contributed by atoms with Crippen molar-refractivity contribution in [1.29, 1.82) is 0 Å². The summed E-state index contributed by atoms with van der Waals surface area (Å²) in [7, 11) is 2.11. The summed E-state index contributed by atoms with van der Waals surface area (Å²) in [5, 5.41) is 10.8. The lowest BCUT2D eigenvalue weighted by Gasteiger charge is -2.31. The molecule has 2 heterocycles. The second-order valence-corrected chi connectivity index (χ2v) is 4.73. The van der Waals surface area contributed by atoms with Crippen LogP contribution in [0, 0.1) is 5.21 Å². The van der Waals surface area contributed by atoms with Gasteiger partial charge in [0, 0.05) is 44.9 Å². The molecule has 1 fully saturated rings. The molecule has 19 heavy (non-hydrogen) atoms. The highest BCUT2D eigenvalue weighted by Crippen LogP contribution is 2.01. The topological polar surface area (TPSA) is 59.7 Å². The molecule has 0 atom stereocenters. The minimum Gasteiger partial charge on any atom is -0.619 e. The average Bonchev–Trinajstić information content (AvgIpc) is 2.41. The Labute approximate surface area is 112 Å². The molecular formula is C13H19N3O3. The van der Waals surface area contributed by atoms with Crippen molar-refractivity contribution in [2.45, 2.75) is 0 Å². The van der Waals surface area contributed by atoms with Crippen LogP contribution in [0.1, 0.15) is 10.4 Å². The smallest absolute Gasteiger partial charge is 0.338 e. The van der Waals surface area contributed by atoms with Crippen LogP contribution >= 0.6 is 0 Å². The Morgan fingerprint density at radius 2 is 1.95 bits per heavy atom. The minimum absolute atomic E-state index is 0.380. The van der Waals surface area contributed by atoms with Crippen molar-refractivity contribution in [2.75, 3.05) is 46.4 Å². The Kier molecular flexibility index (Phi) is 4.70. The molecule has 1 aliphatic heterocycles. The number of carbonyl (C=O) groups is 1. The van der Waals surface area contributed by atoms with Crippen LogP contribution in [0.2, 0.25) is 0 Å². The number of pyridine rings is 1. The predicted molar refractivity (Wildman–Crippen MR) is 69.6 cm³/mol. The van der Waals surface area contributed by atoms with Gasteiger partial charge in [0.1, 0.15) is 6.61 Å². The molecule has 0 aromatic carbocycles. The molecule has 1 saturated heterocycles. The molecule has 6 heteroatoms. The summed E-state index contributed by atoms with van der Waals surface area (Å²) in [5.74, 6) is -0.380. The van der Waals surface area contributed by atoms with Gasteiger partial charge in [0.2, 0.25) is 0 Å². The molecule has 0 unspecified atom stereocenters. The quantitative estimate of drug-likeness (QED) is 0.426. The number of ether oxygens (including phenoxy) is 1. The van der Waals surface area contributed by atoms with Crippen LogP contribution in [0.25, 0.3) is 0 Å². The molecule has 6 nitrogen and oxygen atoms in total. The molecule has 1 aromatic rings. The van der Waals surface area contributed by atoms with E-state index in [4.69, 9.17) is 4.74 Å². The fourth-order valence-electron chi connectivity index (χ4n) is 1.97. The van der Waals surface area contributed by atoms with Gasteiger partial charge < -0.3 is 14.8 Å². The molecule has 0 spiro atoms. The maximum absolute atomic E-state index is 11.7. The Hall–Kier alpha value is -1.66. The van der Waals surface area contributed by atoms with Crippen molar-refractivity contribution in [1.82, 2.24) is 9.80 Å². The highest BCUT2D eigenvalue weighted by atomic mass is 16.5. The summed E-state index contributed by atoms with van der Waals surface area (Å²) in [4.78, 5) is 16.3. The second-order valence-electron chi connectivity index (χ2n) is 4.73. The van der Waals surface area contributed by atoms with Crippen molar-refractivity contribution in [2.24, 2.45) is 0 Å². The fourth-order valence-corrected chi connectivity index (χ4v) is 1.97. The summed E-state index contributed by atoms with van der Waals surface area (Å²) < 4.78 is 5.83. The molecule has 0 bridgehead atoms. The zero-order valence-electron chi connectivity index (χ0n) is 11.1. The standard InChI is InChI=1S/C13H19N3O3/c1-14-6-8-15(9-7-14)10-11-19-13(17)12-2-4-16(18)5-3-12/h2-5H,6-11H2,1H3. The summed E-state index contributed by atoms with van der Waals surface area (Å²) in [5.41, 5.74) is 0.408. The number of esters is 1.